The van der Waals surface area contributed by atoms with Crippen LogP contribution in [0.4, 0.5) is 0 Å². The van der Waals surface area contributed by atoms with Crippen LogP contribution in [0.3, 0.4) is 0 Å². The zero-order chi connectivity index (χ0) is 20.8. The fourth-order valence-electron chi connectivity index (χ4n) is 5.25. The summed E-state index contributed by atoms with van der Waals surface area (Å²) in [5, 5.41) is 0.879. The molecule has 0 unspecified atom stereocenters. The number of carbonyl (C=O) groups excluding carboxylic acids is 2. The van der Waals surface area contributed by atoms with E-state index in [4.69, 9.17) is 0 Å². The molecule has 1 aliphatic heterocycles. The van der Waals surface area contributed by atoms with Gasteiger partial charge in [0.15, 0.2) is 11.6 Å². The van der Waals surface area contributed by atoms with Gasteiger partial charge in [-0.15, -0.1) is 0 Å². The Labute approximate surface area is 176 Å². The zero-order valence-electron chi connectivity index (χ0n) is 17.5. The van der Waals surface area contributed by atoms with Crippen LogP contribution in [0.2, 0.25) is 0 Å². The lowest BCUT2D eigenvalue weighted by molar-refractivity contribution is 0.0932. The molecule has 2 atom stereocenters. The second kappa shape index (κ2) is 7.28. The van der Waals surface area contributed by atoms with Gasteiger partial charge in [-0.2, -0.15) is 0 Å². The largest absolute Gasteiger partial charge is 0.380 e. The quantitative estimate of drug-likeness (QED) is 0.628. The molecule has 0 amide bonds. The number of ketones is 2. The van der Waals surface area contributed by atoms with Gasteiger partial charge < -0.3 is 9.47 Å². The third kappa shape index (κ3) is 2.90. The fraction of sp³-hybridized carbons (Fsp3) is 0.308. The smallest absolute Gasteiger partial charge is 0.193 e. The molecule has 2 heterocycles. The highest BCUT2D eigenvalue weighted by atomic mass is 16.1. The van der Waals surface area contributed by atoms with Crippen LogP contribution in [0, 0.1) is 11.8 Å². The maximum Gasteiger partial charge on any atom is 0.193 e. The summed E-state index contributed by atoms with van der Waals surface area (Å²) < 4.78 is 2.06. The predicted octanol–water partition coefficient (Wildman–Crippen LogP) is 4.93. The van der Waals surface area contributed by atoms with E-state index in [9.17, 15) is 9.59 Å². The molecule has 0 bridgehead atoms. The van der Waals surface area contributed by atoms with Gasteiger partial charge in [0.05, 0.1) is 11.3 Å². The summed E-state index contributed by atoms with van der Waals surface area (Å²) in [7, 11) is 2.02. The Morgan fingerprint density at radius 1 is 1.00 bits per heavy atom. The van der Waals surface area contributed by atoms with Crippen LogP contribution in [-0.4, -0.2) is 34.6 Å². The molecule has 4 nitrogen and oxygen atoms in total. The van der Waals surface area contributed by atoms with Crippen LogP contribution in [0.5, 0.6) is 0 Å². The molecule has 30 heavy (non-hydrogen) atoms. The van der Waals surface area contributed by atoms with Crippen molar-refractivity contribution in [2.24, 2.45) is 11.8 Å². The van der Waals surface area contributed by atoms with E-state index in [0.29, 0.717) is 30.1 Å². The fourth-order valence-corrected chi connectivity index (χ4v) is 5.25. The summed E-state index contributed by atoms with van der Waals surface area (Å²) in [6.45, 7) is 3.62. The summed E-state index contributed by atoms with van der Waals surface area (Å²) in [4.78, 5) is 29.6. The minimum atomic E-state index is 0.00235. The molecule has 5 rings (SSSR count). The van der Waals surface area contributed by atoms with Gasteiger partial charge in [0.25, 0.3) is 0 Å². The van der Waals surface area contributed by atoms with E-state index in [1.807, 2.05) is 55.7 Å². The van der Waals surface area contributed by atoms with Gasteiger partial charge in [0.2, 0.25) is 0 Å². The predicted molar refractivity (Wildman–Crippen MR) is 119 cm³/mol. The highest BCUT2D eigenvalue weighted by Gasteiger charge is 2.41. The molecule has 0 saturated carbocycles. The third-order valence-corrected chi connectivity index (χ3v) is 6.69. The SMILES string of the molecule is CC[C@H]1CN(C)C=C2C(=O)c3c(n(Cc4ccccc4)c4ccccc34)C(=O)C[C@H]21. The summed E-state index contributed by atoms with van der Waals surface area (Å²) in [6, 6.07) is 18.1. The van der Waals surface area contributed by atoms with Crippen LogP contribution < -0.4 is 0 Å². The van der Waals surface area contributed by atoms with Crippen molar-refractivity contribution in [3.05, 3.63) is 83.2 Å². The van der Waals surface area contributed by atoms with E-state index < -0.39 is 0 Å². The molecule has 1 aromatic heterocycles. The van der Waals surface area contributed by atoms with E-state index in [1.165, 1.54) is 0 Å². The second-order valence-corrected chi connectivity index (χ2v) is 8.57. The number of benzene rings is 2. The van der Waals surface area contributed by atoms with Gasteiger partial charge in [0, 0.05) is 55.2 Å². The topological polar surface area (TPSA) is 42.3 Å². The normalized spacial score (nSPS) is 21.3. The number of nitrogens with zero attached hydrogens (tertiary/aromatic N) is 2. The molecule has 2 aliphatic rings. The van der Waals surface area contributed by atoms with E-state index in [2.05, 4.69) is 28.5 Å². The monoisotopic (exact) mass is 398 g/mol. The number of fused-ring (bicyclic) bond motifs is 4. The standard InChI is InChI=1S/C26H26N2O2/c1-3-18-15-27(2)16-21-20(18)13-23(29)25-24(26(21)30)19-11-7-8-12-22(19)28(25)14-17-9-5-4-6-10-17/h4-12,16,18,20H,3,13-15H2,1-2H3/t18-,20-/m0/s1. The lowest BCUT2D eigenvalue weighted by Crippen LogP contribution is -2.35. The molecule has 4 heteroatoms. The van der Waals surface area contributed by atoms with Gasteiger partial charge in [-0.3, -0.25) is 9.59 Å². The van der Waals surface area contributed by atoms with Gasteiger partial charge in [-0.1, -0.05) is 61.9 Å². The molecule has 0 saturated heterocycles. The van der Waals surface area contributed by atoms with Crippen molar-refractivity contribution >= 4 is 22.5 Å². The second-order valence-electron chi connectivity index (χ2n) is 8.57. The third-order valence-electron chi connectivity index (χ3n) is 6.69. The zero-order valence-corrected chi connectivity index (χ0v) is 17.5. The van der Waals surface area contributed by atoms with Crippen LogP contribution in [0.15, 0.2) is 66.4 Å². The number of allylic oxidation sites excluding steroid dienone is 1. The van der Waals surface area contributed by atoms with Crippen LogP contribution in [0.25, 0.3) is 10.9 Å². The number of hydrogen-bond donors (Lipinski definition) is 0. The van der Waals surface area contributed by atoms with E-state index in [-0.39, 0.29) is 17.5 Å². The minimum absolute atomic E-state index is 0.00235. The first-order valence-electron chi connectivity index (χ1n) is 10.7. The number of para-hydroxylation sites is 1. The Morgan fingerprint density at radius 2 is 1.73 bits per heavy atom. The first-order chi connectivity index (χ1) is 14.6. The number of aromatic nitrogens is 1. The van der Waals surface area contributed by atoms with Crippen molar-refractivity contribution in [3.63, 3.8) is 0 Å². The molecule has 0 radical (unpaired) electrons. The lowest BCUT2D eigenvalue weighted by atomic mass is 9.78. The highest BCUT2D eigenvalue weighted by Crippen LogP contribution is 2.41. The Bertz CT molecular complexity index is 1170. The molecule has 2 aromatic carbocycles. The average molecular weight is 399 g/mol. The molecule has 0 spiro atoms. The first-order valence-corrected chi connectivity index (χ1v) is 10.7. The molecule has 1 aliphatic carbocycles. The van der Waals surface area contributed by atoms with Crippen molar-refractivity contribution in [1.82, 2.24) is 9.47 Å². The van der Waals surface area contributed by atoms with Gasteiger partial charge in [-0.25, -0.2) is 0 Å². The van der Waals surface area contributed by atoms with Crippen molar-refractivity contribution in [3.8, 4) is 0 Å². The van der Waals surface area contributed by atoms with Crippen LogP contribution in [0.1, 0.15) is 46.2 Å². The van der Waals surface area contributed by atoms with Gasteiger partial charge in [-0.05, 0) is 17.5 Å². The lowest BCUT2D eigenvalue weighted by Gasteiger charge is -2.35. The van der Waals surface area contributed by atoms with E-state index in [0.717, 1.165) is 35.0 Å². The van der Waals surface area contributed by atoms with E-state index in [1.54, 1.807) is 0 Å². The minimum Gasteiger partial charge on any atom is -0.380 e. The number of hydrogen-bond acceptors (Lipinski definition) is 3. The number of Topliss-reactive ketones (excluding diaryl/α,β-unsaturated/α-hetero) is 2. The van der Waals surface area contributed by atoms with Crippen LogP contribution >= 0.6 is 0 Å². The number of rotatable bonds is 3. The van der Waals surface area contributed by atoms with Crippen molar-refractivity contribution in [2.45, 2.75) is 26.3 Å². The molecular formula is C26H26N2O2. The molecule has 0 N–H and O–H groups in total. The maximum absolute atomic E-state index is 13.8. The summed E-state index contributed by atoms with van der Waals surface area (Å²) in [5.74, 6) is 0.430. The van der Waals surface area contributed by atoms with Crippen molar-refractivity contribution in [2.75, 3.05) is 13.6 Å². The Balaban J connectivity index is 1.74. The van der Waals surface area contributed by atoms with Crippen molar-refractivity contribution < 1.29 is 9.59 Å². The summed E-state index contributed by atoms with van der Waals surface area (Å²) in [5.41, 5.74) is 4.03. The Morgan fingerprint density at radius 3 is 2.50 bits per heavy atom. The molecule has 3 aromatic rings. The maximum atomic E-state index is 13.8. The van der Waals surface area contributed by atoms with E-state index >= 15 is 0 Å². The Hall–Kier alpha value is -3.14. The molecule has 152 valence electrons. The number of carbonyl (C=O) groups is 2. The van der Waals surface area contributed by atoms with Gasteiger partial charge >= 0.3 is 0 Å². The van der Waals surface area contributed by atoms with Crippen LogP contribution in [-0.2, 0) is 6.54 Å². The highest BCUT2D eigenvalue weighted by molar-refractivity contribution is 6.24. The van der Waals surface area contributed by atoms with Crippen molar-refractivity contribution in [1.29, 1.82) is 0 Å². The van der Waals surface area contributed by atoms with Gasteiger partial charge in [0.1, 0.15) is 0 Å². The first kappa shape index (κ1) is 18.9. The Kier molecular flexibility index (Phi) is 4.58. The average Bonchev–Trinajstić information content (AvgIpc) is 3.03. The summed E-state index contributed by atoms with van der Waals surface area (Å²) >= 11 is 0. The molecule has 0 fully saturated rings. The molecular weight excluding hydrogens is 372 g/mol. The summed E-state index contributed by atoms with van der Waals surface area (Å²) in [6.07, 6.45) is 3.34.